The Morgan fingerprint density at radius 2 is 1.06 bits per heavy atom. The second-order valence-corrected chi connectivity index (χ2v) is 10.5. The highest BCUT2D eigenvalue weighted by atomic mass is 16.8. The minimum atomic E-state index is -0.404. The Balaban J connectivity index is 1.72. The summed E-state index contributed by atoms with van der Waals surface area (Å²) in [7, 11) is 0. The molecule has 2 aliphatic heterocycles. The molecule has 33 heavy (non-hydrogen) atoms. The number of rotatable bonds is 10. The number of unbranched alkanes of at least 4 members (excludes halogenated alkanes) is 4. The fourth-order valence-corrected chi connectivity index (χ4v) is 5.06. The molecule has 3 nitrogen and oxygen atoms in total. The summed E-state index contributed by atoms with van der Waals surface area (Å²) in [6.45, 7) is 13.5. The first-order chi connectivity index (χ1) is 15.9. The van der Waals surface area contributed by atoms with Gasteiger partial charge in [0.15, 0.2) is 0 Å². The van der Waals surface area contributed by atoms with Crippen molar-refractivity contribution in [2.24, 2.45) is 0 Å². The van der Waals surface area contributed by atoms with E-state index in [0.717, 1.165) is 35.5 Å². The lowest BCUT2D eigenvalue weighted by Crippen LogP contribution is -2.32. The van der Waals surface area contributed by atoms with E-state index >= 15 is 0 Å². The summed E-state index contributed by atoms with van der Waals surface area (Å²) in [5.41, 5.74) is 7.37. The van der Waals surface area contributed by atoms with Gasteiger partial charge in [0, 0.05) is 0 Å². The molecule has 0 spiro atoms. The van der Waals surface area contributed by atoms with E-state index in [9.17, 15) is 0 Å². The third-order valence-corrected chi connectivity index (χ3v) is 7.00. The molecule has 4 rings (SSSR count). The highest BCUT2D eigenvalue weighted by Gasteiger charge is 2.40. The average molecular weight is 451 g/mol. The number of aryl methyl sites for hydroxylation is 2. The normalized spacial score (nSPS) is 18.7. The quantitative estimate of drug-likeness (QED) is 0.338. The molecule has 2 bridgehead atoms. The second-order valence-electron chi connectivity index (χ2n) is 10.5. The predicted molar refractivity (Wildman–Crippen MR) is 135 cm³/mol. The first-order valence-electron chi connectivity index (χ1n) is 13.2. The van der Waals surface area contributed by atoms with Gasteiger partial charge in [0.05, 0.1) is 11.1 Å². The fourth-order valence-electron chi connectivity index (χ4n) is 5.06. The van der Waals surface area contributed by atoms with Crippen LogP contribution in [0.25, 0.3) is 0 Å². The zero-order valence-electron chi connectivity index (χ0n) is 21.5. The molecule has 2 aromatic rings. The molecule has 0 saturated heterocycles. The Hall–Kier alpha value is -2.00. The Labute approximate surface area is 200 Å². The van der Waals surface area contributed by atoms with E-state index in [2.05, 4.69) is 65.8 Å². The van der Waals surface area contributed by atoms with Gasteiger partial charge in [-0.1, -0.05) is 79.4 Å². The number of fused-ring (bicyclic) bond motifs is 6. The first kappa shape index (κ1) is 24.1. The van der Waals surface area contributed by atoms with Gasteiger partial charge in [0.2, 0.25) is 12.6 Å². The SMILES string of the molecule is CCCCCc1cc(C(C)C)c2c(c1)C1Oc3c(C(C)C)cc(CCCCC)cc3C(O2)O1. The molecule has 2 aromatic carbocycles. The van der Waals surface area contributed by atoms with Gasteiger partial charge in [0.1, 0.15) is 11.5 Å². The standard InChI is InChI=1S/C30H42O3/c1-7-9-11-13-21-15-23(19(3)4)27-25(17-21)29-32-28-24(20(5)6)16-22(14-12-10-8-2)18-26(28)30(31-27)33-29/h15-20,29-30H,7-14H2,1-6H3. The zero-order valence-corrected chi connectivity index (χ0v) is 21.5. The van der Waals surface area contributed by atoms with E-state index < -0.39 is 12.6 Å². The molecule has 0 aromatic heterocycles. The van der Waals surface area contributed by atoms with Crippen molar-refractivity contribution in [2.45, 2.75) is 117 Å². The molecule has 2 unspecified atom stereocenters. The van der Waals surface area contributed by atoms with Gasteiger partial charge in [-0.25, -0.2) is 0 Å². The van der Waals surface area contributed by atoms with E-state index in [0.29, 0.717) is 11.8 Å². The summed E-state index contributed by atoms with van der Waals surface area (Å²) in [5.74, 6) is 2.71. The van der Waals surface area contributed by atoms with Crippen molar-refractivity contribution in [3.05, 3.63) is 57.6 Å². The highest BCUT2D eigenvalue weighted by molar-refractivity contribution is 5.53. The lowest BCUT2D eigenvalue weighted by Gasteiger charge is -2.40. The number of hydrogen-bond donors (Lipinski definition) is 0. The van der Waals surface area contributed by atoms with Crippen molar-refractivity contribution in [3.8, 4) is 11.5 Å². The van der Waals surface area contributed by atoms with E-state index in [4.69, 9.17) is 14.2 Å². The zero-order chi connectivity index (χ0) is 23.5. The predicted octanol–water partition coefficient (Wildman–Crippen LogP) is 8.90. The Morgan fingerprint density at radius 3 is 1.42 bits per heavy atom. The third-order valence-electron chi connectivity index (χ3n) is 7.00. The topological polar surface area (TPSA) is 27.7 Å². The van der Waals surface area contributed by atoms with Gasteiger partial charge in [-0.3, -0.25) is 4.74 Å². The molecule has 0 radical (unpaired) electrons. The van der Waals surface area contributed by atoms with Crippen molar-refractivity contribution < 1.29 is 14.2 Å². The summed E-state index contributed by atoms with van der Waals surface area (Å²) in [5, 5.41) is 0. The molecular weight excluding hydrogens is 408 g/mol. The van der Waals surface area contributed by atoms with Crippen molar-refractivity contribution in [1.29, 1.82) is 0 Å². The highest BCUT2D eigenvalue weighted by Crippen LogP contribution is 2.52. The van der Waals surface area contributed by atoms with Crippen LogP contribution in [0.1, 0.15) is 138 Å². The van der Waals surface area contributed by atoms with Crippen LogP contribution in [0.4, 0.5) is 0 Å². The monoisotopic (exact) mass is 450 g/mol. The number of hydrogen-bond acceptors (Lipinski definition) is 3. The number of benzene rings is 2. The molecule has 0 saturated carbocycles. The van der Waals surface area contributed by atoms with Crippen molar-refractivity contribution >= 4 is 0 Å². The summed E-state index contributed by atoms with van der Waals surface area (Å²) in [6.07, 6.45) is 8.78. The molecule has 2 heterocycles. The molecule has 2 atom stereocenters. The first-order valence-corrected chi connectivity index (χ1v) is 13.2. The summed E-state index contributed by atoms with van der Waals surface area (Å²) in [6, 6.07) is 9.22. The van der Waals surface area contributed by atoms with Crippen LogP contribution in [-0.2, 0) is 17.6 Å². The molecule has 0 fully saturated rings. The van der Waals surface area contributed by atoms with Crippen LogP contribution < -0.4 is 9.47 Å². The summed E-state index contributed by atoms with van der Waals surface area (Å²) in [4.78, 5) is 0. The maximum Gasteiger partial charge on any atom is 0.233 e. The van der Waals surface area contributed by atoms with E-state index in [1.807, 2.05) is 0 Å². The van der Waals surface area contributed by atoms with Crippen LogP contribution >= 0.6 is 0 Å². The molecule has 180 valence electrons. The molecule has 3 heteroatoms. The maximum absolute atomic E-state index is 6.62. The van der Waals surface area contributed by atoms with Crippen molar-refractivity contribution in [1.82, 2.24) is 0 Å². The summed E-state index contributed by atoms with van der Waals surface area (Å²) >= 11 is 0. The van der Waals surface area contributed by atoms with Gasteiger partial charge in [0.25, 0.3) is 0 Å². The van der Waals surface area contributed by atoms with Crippen LogP contribution in [-0.4, -0.2) is 0 Å². The van der Waals surface area contributed by atoms with Gasteiger partial charge < -0.3 is 9.47 Å². The lowest BCUT2D eigenvalue weighted by molar-refractivity contribution is -0.228. The van der Waals surface area contributed by atoms with E-state index in [1.165, 1.54) is 60.8 Å². The largest absolute Gasteiger partial charge is 0.459 e. The Morgan fingerprint density at radius 1 is 0.636 bits per heavy atom. The average Bonchev–Trinajstić information content (AvgIpc) is 2.79. The van der Waals surface area contributed by atoms with Gasteiger partial charge in [-0.05, 0) is 71.9 Å². The second kappa shape index (κ2) is 10.5. The maximum atomic E-state index is 6.62. The lowest BCUT2D eigenvalue weighted by atomic mass is 9.91. The molecular formula is C30H42O3. The van der Waals surface area contributed by atoms with Crippen LogP contribution in [0.5, 0.6) is 11.5 Å². The minimum Gasteiger partial charge on any atom is -0.459 e. The van der Waals surface area contributed by atoms with Crippen LogP contribution in [0, 0.1) is 0 Å². The molecule has 0 aliphatic carbocycles. The summed E-state index contributed by atoms with van der Waals surface area (Å²) < 4.78 is 19.6. The van der Waals surface area contributed by atoms with Gasteiger partial charge >= 0.3 is 0 Å². The van der Waals surface area contributed by atoms with Crippen LogP contribution in [0.15, 0.2) is 24.3 Å². The molecule has 0 amide bonds. The van der Waals surface area contributed by atoms with Crippen LogP contribution in [0.3, 0.4) is 0 Å². The fraction of sp³-hybridized carbons (Fsp3) is 0.600. The van der Waals surface area contributed by atoms with E-state index in [-0.39, 0.29) is 0 Å². The van der Waals surface area contributed by atoms with Gasteiger partial charge in [-0.15, -0.1) is 0 Å². The van der Waals surface area contributed by atoms with Crippen LogP contribution in [0.2, 0.25) is 0 Å². The third kappa shape index (κ3) is 5.09. The number of ether oxygens (including phenoxy) is 3. The molecule has 0 N–H and O–H groups in total. The van der Waals surface area contributed by atoms with Crippen molar-refractivity contribution in [3.63, 3.8) is 0 Å². The Kier molecular flexibility index (Phi) is 7.69. The Bertz CT molecular complexity index is 882. The minimum absolute atomic E-state index is 0.384. The smallest absolute Gasteiger partial charge is 0.233 e. The van der Waals surface area contributed by atoms with Crippen molar-refractivity contribution in [2.75, 3.05) is 0 Å². The van der Waals surface area contributed by atoms with Gasteiger partial charge in [-0.2, -0.15) is 0 Å². The van der Waals surface area contributed by atoms with E-state index in [1.54, 1.807) is 0 Å². The molecule has 2 aliphatic rings.